The molecule has 0 unspecified atom stereocenters. The van der Waals surface area contributed by atoms with Gasteiger partial charge in [-0.2, -0.15) is 0 Å². The van der Waals surface area contributed by atoms with Crippen LogP contribution in [0.2, 0.25) is 0 Å². The summed E-state index contributed by atoms with van der Waals surface area (Å²) in [5.74, 6) is 2.17. The second-order valence-electron chi connectivity index (χ2n) is 13.7. The Balaban J connectivity index is 1.19. The number of ether oxygens (including phenoxy) is 2. The average Bonchev–Trinajstić information content (AvgIpc) is 3.52. The van der Waals surface area contributed by atoms with Crippen molar-refractivity contribution in [1.82, 2.24) is 9.55 Å². The van der Waals surface area contributed by atoms with Crippen LogP contribution >= 0.6 is 0 Å². The van der Waals surface area contributed by atoms with Crippen molar-refractivity contribution in [2.75, 3.05) is 0 Å². The fourth-order valence-electron chi connectivity index (χ4n) is 7.72. The highest BCUT2D eigenvalue weighted by molar-refractivity contribution is 6.08. The average molecular weight is 592 g/mol. The van der Waals surface area contributed by atoms with Crippen LogP contribution in [0.4, 0.5) is 0 Å². The van der Waals surface area contributed by atoms with Crippen molar-refractivity contribution in [2.45, 2.75) is 65.0 Å². The maximum absolute atomic E-state index is 6.88. The highest BCUT2D eigenvalue weighted by Crippen LogP contribution is 2.61. The van der Waals surface area contributed by atoms with E-state index in [2.05, 4.69) is 132 Å². The van der Waals surface area contributed by atoms with Gasteiger partial charge in [-0.05, 0) is 111 Å². The number of benzene rings is 4. The second-order valence-corrected chi connectivity index (χ2v) is 13.7. The number of fused-ring (bicyclic) bond motifs is 6. The monoisotopic (exact) mass is 591 g/mol. The molecule has 6 aromatic rings. The van der Waals surface area contributed by atoms with E-state index in [4.69, 9.17) is 19.5 Å². The fraction of sp³-hybridized carbons (Fsp3) is 0.250. The van der Waals surface area contributed by atoms with Crippen molar-refractivity contribution >= 4 is 27.8 Å². The van der Waals surface area contributed by atoms with Crippen LogP contribution in [-0.2, 0) is 15.7 Å². The predicted molar refractivity (Wildman–Crippen MR) is 182 cm³/mol. The maximum Gasteiger partial charge on any atom is 0.217 e. The molecule has 3 heterocycles. The molecular formula is C40H37N3O2. The van der Waals surface area contributed by atoms with Gasteiger partial charge >= 0.3 is 0 Å². The number of pyridine rings is 1. The van der Waals surface area contributed by atoms with E-state index in [0.717, 1.165) is 50.4 Å². The lowest BCUT2D eigenvalue weighted by atomic mass is 9.71. The lowest BCUT2D eigenvalue weighted by molar-refractivity contribution is -0.0136. The predicted octanol–water partition coefficient (Wildman–Crippen LogP) is 9.64. The van der Waals surface area contributed by atoms with Gasteiger partial charge in [0.05, 0.1) is 11.2 Å². The van der Waals surface area contributed by atoms with Gasteiger partial charge < -0.3 is 9.47 Å². The molecule has 45 heavy (non-hydrogen) atoms. The molecule has 0 bridgehead atoms. The first-order valence-corrected chi connectivity index (χ1v) is 15.7. The van der Waals surface area contributed by atoms with Crippen LogP contribution < -0.4 is 4.74 Å². The third kappa shape index (κ3) is 3.86. The van der Waals surface area contributed by atoms with E-state index in [0.29, 0.717) is 5.90 Å². The van der Waals surface area contributed by atoms with Crippen LogP contribution in [0.15, 0.2) is 102 Å². The molecule has 5 heteroatoms. The van der Waals surface area contributed by atoms with Crippen molar-refractivity contribution in [1.29, 1.82) is 0 Å². The van der Waals surface area contributed by atoms with Gasteiger partial charge in [-0.15, -0.1) is 0 Å². The maximum atomic E-state index is 6.88. The van der Waals surface area contributed by atoms with E-state index in [1.165, 1.54) is 22.1 Å². The standard InChI is InChI=1S/C40H37N3O2/c1-24-14-15-35-32(21-24)31-11-10-16-41-36(31)43(35)28-18-26(3)20-30(23-28)44-29-19-25(2)17-27(22-29)37-42-39(6)34-13-9-8-12-33(34)38(4,5)40(39,7)45-37/h8-23H,1-7H3/t39-,40+/m1/s1. The van der Waals surface area contributed by atoms with Crippen molar-refractivity contribution in [3.63, 3.8) is 0 Å². The molecule has 2 atom stereocenters. The lowest BCUT2D eigenvalue weighted by Gasteiger charge is -2.41. The van der Waals surface area contributed by atoms with Crippen molar-refractivity contribution in [3.8, 4) is 17.2 Å². The minimum Gasteiger partial charge on any atom is -0.467 e. The number of rotatable bonds is 4. The van der Waals surface area contributed by atoms with Gasteiger partial charge in [0.1, 0.15) is 28.3 Å². The number of aromatic nitrogens is 2. The first-order valence-electron chi connectivity index (χ1n) is 15.7. The summed E-state index contributed by atoms with van der Waals surface area (Å²) in [6, 6.07) is 31.9. The van der Waals surface area contributed by atoms with Crippen LogP contribution in [0.5, 0.6) is 11.5 Å². The van der Waals surface area contributed by atoms with Crippen LogP contribution in [0.3, 0.4) is 0 Å². The molecule has 0 spiro atoms. The summed E-state index contributed by atoms with van der Waals surface area (Å²) in [4.78, 5) is 10.1. The number of hydrogen-bond donors (Lipinski definition) is 0. The SMILES string of the molecule is Cc1cc(Oc2cc(C)cc(-n3c4ccc(C)cc4c4cccnc43)c2)cc(C2=N[C@]3(C)c4ccccc4C(C)(C)[C@]3(C)O2)c1. The van der Waals surface area contributed by atoms with Crippen molar-refractivity contribution < 1.29 is 9.47 Å². The van der Waals surface area contributed by atoms with Gasteiger partial charge in [0.15, 0.2) is 0 Å². The van der Waals surface area contributed by atoms with Crippen LogP contribution in [-0.4, -0.2) is 21.0 Å². The summed E-state index contributed by atoms with van der Waals surface area (Å²) in [6.45, 7) is 15.3. The van der Waals surface area contributed by atoms with E-state index >= 15 is 0 Å². The van der Waals surface area contributed by atoms with Gasteiger partial charge in [-0.3, -0.25) is 4.57 Å². The Kier molecular flexibility index (Phi) is 5.71. The molecule has 224 valence electrons. The van der Waals surface area contributed by atoms with E-state index in [1.54, 1.807) is 0 Å². The van der Waals surface area contributed by atoms with Crippen LogP contribution in [0, 0.1) is 20.8 Å². The number of aliphatic imine (C=N–C) groups is 1. The van der Waals surface area contributed by atoms with E-state index < -0.39 is 11.1 Å². The molecule has 4 aromatic carbocycles. The van der Waals surface area contributed by atoms with Crippen LogP contribution in [0.25, 0.3) is 27.6 Å². The second kappa shape index (κ2) is 9.31. The number of hydrogen-bond acceptors (Lipinski definition) is 4. The van der Waals surface area contributed by atoms with E-state index in [1.807, 2.05) is 18.3 Å². The van der Waals surface area contributed by atoms with Crippen LogP contribution in [0.1, 0.15) is 61.1 Å². The Morgan fingerprint density at radius 1 is 0.689 bits per heavy atom. The molecule has 8 rings (SSSR count). The zero-order chi connectivity index (χ0) is 31.3. The molecule has 0 radical (unpaired) electrons. The first kappa shape index (κ1) is 27.6. The minimum absolute atomic E-state index is 0.217. The molecule has 2 aliphatic rings. The van der Waals surface area contributed by atoms with Gasteiger partial charge in [-0.25, -0.2) is 9.98 Å². The van der Waals surface area contributed by atoms with Gasteiger partial charge in [0, 0.05) is 34.0 Å². The van der Waals surface area contributed by atoms with Crippen molar-refractivity contribution in [3.05, 3.63) is 131 Å². The molecule has 2 aromatic heterocycles. The molecule has 0 fully saturated rings. The zero-order valence-corrected chi connectivity index (χ0v) is 26.9. The Morgan fingerprint density at radius 2 is 1.42 bits per heavy atom. The summed E-state index contributed by atoms with van der Waals surface area (Å²) < 4.78 is 15.7. The summed E-state index contributed by atoms with van der Waals surface area (Å²) in [6.07, 6.45) is 1.86. The lowest BCUT2D eigenvalue weighted by Crippen LogP contribution is -2.51. The molecule has 0 saturated carbocycles. The van der Waals surface area contributed by atoms with E-state index in [9.17, 15) is 0 Å². The largest absolute Gasteiger partial charge is 0.467 e. The highest BCUT2D eigenvalue weighted by Gasteiger charge is 2.67. The third-order valence-corrected chi connectivity index (χ3v) is 10.4. The number of nitrogens with zero attached hydrogens (tertiary/aromatic N) is 3. The zero-order valence-electron chi connectivity index (χ0n) is 26.9. The quantitative estimate of drug-likeness (QED) is 0.205. The molecule has 0 saturated heterocycles. The Labute approximate surface area is 264 Å². The summed E-state index contributed by atoms with van der Waals surface area (Å²) in [7, 11) is 0. The minimum atomic E-state index is -0.524. The van der Waals surface area contributed by atoms with Gasteiger partial charge in [0.25, 0.3) is 0 Å². The molecule has 0 N–H and O–H groups in total. The molecular weight excluding hydrogens is 554 g/mol. The molecule has 1 aliphatic carbocycles. The highest BCUT2D eigenvalue weighted by atomic mass is 16.5. The third-order valence-electron chi connectivity index (χ3n) is 10.4. The molecule has 0 amide bonds. The van der Waals surface area contributed by atoms with Crippen molar-refractivity contribution in [2.24, 2.45) is 4.99 Å². The van der Waals surface area contributed by atoms with E-state index in [-0.39, 0.29) is 5.41 Å². The Morgan fingerprint density at radius 3 is 2.22 bits per heavy atom. The summed E-state index contributed by atoms with van der Waals surface area (Å²) in [5, 5.41) is 2.33. The summed E-state index contributed by atoms with van der Waals surface area (Å²) in [5.41, 5.74) is 8.70. The molecule has 5 nitrogen and oxygen atoms in total. The smallest absolute Gasteiger partial charge is 0.217 e. The normalized spacial score (nSPS) is 21.4. The topological polar surface area (TPSA) is 48.6 Å². The first-order chi connectivity index (χ1) is 21.5. The fourth-order valence-corrected chi connectivity index (χ4v) is 7.72. The Hall–Kier alpha value is -4.90. The summed E-state index contributed by atoms with van der Waals surface area (Å²) >= 11 is 0. The van der Waals surface area contributed by atoms with Gasteiger partial charge in [0.2, 0.25) is 5.90 Å². The molecule has 1 aliphatic heterocycles. The van der Waals surface area contributed by atoms with Gasteiger partial charge in [-0.1, -0.05) is 49.7 Å². The Bertz CT molecular complexity index is 2220. The number of aryl methyl sites for hydroxylation is 3.